The molecule has 0 radical (unpaired) electrons. The summed E-state index contributed by atoms with van der Waals surface area (Å²) in [6, 6.07) is 0. The normalized spacial score (nSPS) is 12.4. The van der Waals surface area contributed by atoms with Crippen molar-refractivity contribution in [2.75, 3.05) is 11.9 Å². The number of aliphatic carboxylic acids is 1. The van der Waals surface area contributed by atoms with E-state index in [2.05, 4.69) is 33.2 Å². The van der Waals surface area contributed by atoms with Crippen LogP contribution in [-0.4, -0.2) is 22.6 Å². The van der Waals surface area contributed by atoms with Gasteiger partial charge in [0.15, 0.2) is 5.13 Å². The molecule has 16 heavy (non-hydrogen) atoms. The topological polar surface area (TPSA) is 62.2 Å². The highest BCUT2D eigenvalue weighted by molar-refractivity contribution is 9.10. The molecule has 1 atom stereocenters. The Bertz CT molecular complexity index is 343. The second-order valence-corrected chi connectivity index (χ2v) is 5.40. The van der Waals surface area contributed by atoms with Gasteiger partial charge in [0.1, 0.15) is 4.60 Å². The molecule has 0 aliphatic carbocycles. The van der Waals surface area contributed by atoms with Gasteiger partial charge in [0, 0.05) is 18.3 Å². The van der Waals surface area contributed by atoms with E-state index in [1.165, 1.54) is 0 Å². The fourth-order valence-electron chi connectivity index (χ4n) is 1.28. The Balaban J connectivity index is 2.13. The molecule has 1 unspecified atom stereocenters. The number of carbonyl (C=O) groups is 1. The lowest BCUT2D eigenvalue weighted by atomic mass is 10.0. The van der Waals surface area contributed by atoms with Gasteiger partial charge in [0.2, 0.25) is 0 Å². The fourth-order valence-corrected chi connectivity index (χ4v) is 2.45. The SMILES string of the molecule is CC(CCNc1nc(Br)cs1)CCC(=O)O. The fraction of sp³-hybridized carbons (Fsp3) is 0.600. The van der Waals surface area contributed by atoms with Crippen LogP contribution < -0.4 is 5.32 Å². The van der Waals surface area contributed by atoms with Crippen molar-refractivity contribution in [1.29, 1.82) is 0 Å². The summed E-state index contributed by atoms with van der Waals surface area (Å²) in [7, 11) is 0. The first-order valence-electron chi connectivity index (χ1n) is 5.14. The van der Waals surface area contributed by atoms with Crippen molar-refractivity contribution in [1.82, 2.24) is 4.98 Å². The number of halogens is 1. The zero-order valence-corrected chi connectivity index (χ0v) is 11.5. The number of aromatic nitrogens is 1. The number of thiazole rings is 1. The summed E-state index contributed by atoms with van der Waals surface area (Å²) >= 11 is 4.84. The van der Waals surface area contributed by atoms with E-state index in [9.17, 15) is 4.79 Å². The second kappa shape index (κ2) is 6.85. The van der Waals surface area contributed by atoms with E-state index < -0.39 is 5.97 Å². The molecule has 1 rings (SSSR count). The molecule has 1 aromatic heterocycles. The number of anilines is 1. The molecule has 2 N–H and O–H groups in total. The number of rotatable bonds is 7. The molecule has 1 aromatic rings. The van der Waals surface area contributed by atoms with E-state index in [1.807, 2.05) is 5.38 Å². The van der Waals surface area contributed by atoms with Crippen LogP contribution in [0.15, 0.2) is 9.98 Å². The van der Waals surface area contributed by atoms with Crippen LogP contribution >= 0.6 is 27.3 Å². The Kier molecular flexibility index (Phi) is 5.76. The van der Waals surface area contributed by atoms with Crippen molar-refractivity contribution < 1.29 is 9.90 Å². The standard InChI is InChI=1S/C10H15BrN2O2S/c1-7(2-3-9(14)15)4-5-12-10-13-8(11)6-16-10/h6-7H,2-5H2,1H3,(H,12,13)(H,14,15). The van der Waals surface area contributed by atoms with Crippen LogP contribution in [0.25, 0.3) is 0 Å². The maximum Gasteiger partial charge on any atom is 0.303 e. The van der Waals surface area contributed by atoms with Crippen molar-refractivity contribution in [3.63, 3.8) is 0 Å². The zero-order valence-electron chi connectivity index (χ0n) is 9.07. The molecule has 0 aromatic carbocycles. The number of hydrogen-bond acceptors (Lipinski definition) is 4. The first-order chi connectivity index (χ1) is 7.58. The predicted octanol–water partition coefficient (Wildman–Crippen LogP) is 3.21. The van der Waals surface area contributed by atoms with E-state index >= 15 is 0 Å². The second-order valence-electron chi connectivity index (χ2n) is 3.73. The monoisotopic (exact) mass is 306 g/mol. The quantitative estimate of drug-likeness (QED) is 0.812. The lowest BCUT2D eigenvalue weighted by molar-refractivity contribution is -0.137. The predicted molar refractivity (Wildman–Crippen MR) is 69.0 cm³/mol. The van der Waals surface area contributed by atoms with Gasteiger partial charge in [0.25, 0.3) is 0 Å². The maximum atomic E-state index is 10.4. The first-order valence-corrected chi connectivity index (χ1v) is 6.82. The van der Waals surface area contributed by atoms with Crippen LogP contribution in [0.5, 0.6) is 0 Å². The molecule has 0 fully saturated rings. The maximum absolute atomic E-state index is 10.4. The van der Waals surface area contributed by atoms with E-state index in [1.54, 1.807) is 11.3 Å². The molecule has 0 aliphatic heterocycles. The Morgan fingerprint density at radius 3 is 3.00 bits per heavy atom. The molecule has 4 nitrogen and oxygen atoms in total. The highest BCUT2D eigenvalue weighted by Gasteiger charge is 2.05. The third-order valence-corrected chi connectivity index (χ3v) is 3.75. The van der Waals surface area contributed by atoms with E-state index in [0.29, 0.717) is 5.92 Å². The van der Waals surface area contributed by atoms with Crippen molar-refractivity contribution in [3.05, 3.63) is 9.98 Å². The molecule has 0 saturated heterocycles. The molecular formula is C10H15BrN2O2S. The molecule has 0 amide bonds. The van der Waals surface area contributed by atoms with Crippen molar-refractivity contribution in [3.8, 4) is 0 Å². The molecule has 6 heteroatoms. The minimum atomic E-state index is -0.719. The minimum absolute atomic E-state index is 0.254. The Morgan fingerprint density at radius 2 is 2.44 bits per heavy atom. The molecule has 0 bridgehead atoms. The summed E-state index contributed by atoms with van der Waals surface area (Å²) in [5, 5.41) is 14.6. The van der Waals surface area contributed by atoms with Crippen molar-refractivity contribution in [2.24, 2.45) is 5.92 Å². The van der Waals surface area contributed by atoms with Gasteiger partial charge >= 0.3 is 5.97 Å². The van der Waals surface area contributed by atoms with Crippen LogP contribution in [0.1, 0.15) is 26.2 Å². The van der Waals surface area contributed by atoms with Gasteiger partial charge in [-0.3, -0.25) is 4.79 Å². The lowest BCUT2D eigenvalue weighted by Gasteiger charge is -2.09. The summed E-state index contributed by atoms with van der Waals surface area (Å²) in [6.07, 6.45) is 1.95. The summed E-state index contributed by atoms with van der Waals surface area (Å²) in [4.78, 5) is 14.6. The van der Waals surface area contributed by atoms with Gasteiger partial charge in [-0.05, 0) is 34.7 Å². The average molecular weight is 307 g/mol. The third-order valence-electron chi connectivity index (χ3n) is 2.24. The largest absolute Gasteiger partial charge is 0.481 e. The van der Waals surface area contributed by atoms with Gasteiger partial charge in [-0.25, -0.2) is 4.98 Å². The van der Waals surface area contributed by atoms with E-state index in [-0.39, 0.29) is 6.42 Å². The van der Waals surface area contributed by atoms with Crippen LogP contribution in [0.4, 0.5) is 5.13 Å². The van der Waals surface area contributed by atoms with E-state index in [0.717, 1.165) is 29.1 Å². The molecule has 0 saturated carbocycles. The highest BCUT2D eigenvalue weighted by atomic mass is 79.9. The van der Waals surface area contributed by atoms with Crippen molar-refractivity contribution >= 4 is 38.4 Å². The molecule has 1 heterocycles. The highest BCUT2D eigenvalue weighted by Crippen LogP contribution is 2.19. The number of nitrogens with one attached hydrogen (secondary N) is 1. The molecule has 90 valence electrons. The van der Waals surface area contributed by atoms with Gasteiger partial charge in [-0.2, -0.15) is 0 Å². The minimum Gasteiger partial charge on any atom is -0.481 e. The Morgan fingerprint density at radius 1 is 1.69 bits per heavy atom. The van der Waals surface area contributed by atoms with Crippen LogP contribution in [0.2, 0.25) is 0 Å². The summed E-state index contributed by atoms with van der Waals surface area (Å²) in [5.74, 6) is -0.296. The lowest BCUT2D eigenvalue weighted by Crippen LogP contribution is -2.08. The molecule has 0 aliphatic rings. The smallest absolute Gasteiger partial charge is 0.303 e. The average Bonchev–Trinajstić information content (AvgIpc) is 2.61. The Labute approximate surface area is 107 Å². The first kappa shape index (κ1) is 13.4. The van der Waals surface area contributed by atoms with Gasteiger partial charge in [0.05, 0.1) is 0 Å². The van der Waals surface area contributed by atoms with Gasteiger partial charge in [-0.1, -0.05) is 6.92 Å². The van der Waals surface area contributed by atoms with Crippen LogP contribution in [0.3, 0.4) is 0 Å². The van der Waals surface area contributed by atoms with Gasteiger partial charge in [-0.15, -0.1) is 11.3 Å². The van der Waals surface area contributed by atoms with Crippen LogP contribution in [0, 0.1) is 5.92 Å². The van der Waals surface area contributed by atoms with E-state index in [4.69, 9.17) is 5.11 Å². The Hall–Kier alpha value is -0.620. The van der Waals surface area contributed by atoms with Crippen LogP contribution in [-0.2, 0) is 4.79 Å². The van der Waals surface area contributed by atoms with Gasteiger partial charge < -0.3 is 10.4 Å². The number of carboxylic acid groups (broad SMARTS) is 1. The summed E-state index contributed by atoms with van der Waals surface area (Å²) in [5.41, 5.74) is 0. The number of carboxylic acids is 1. The zero-order chi connectivity index (χ0) is 12.0. The van der Waals surface area contributed by atoms with Crippen molar-refractivity contribution in [2.45, 2.75) is 26.2 Å². The summed E-state index contributed by atoms with van der Waals surface area (Å²) in [6.45, 7) is 2.91. The number of hydrogen-bond donors (Lipinski definition) is 2. The molecule has 0 spiro atoms. The molecular weight excluding hydrogens is 292 g/mol. The number of nitrogens with zero attached hydrogens (tertiary/aromatic N) is 1. The summed E-state index contributed by atoms with van der Waals surface area (Å²) < 4.78 is 0.846. The third kappa shape index (κ3) is 5.46.